The van der Waals surface area contributed by atoms with E-state index in [9.17, 15) is 18.4 Å². The lowest BCUT2D eigenvalue weighted by atomic mass is 10.1. The number of hydrogen-bond acceptors (Lipinski definition) is 2. The number of carbonyl (C=O) groups excluding carboxylic acids is 2. The zero-order valence-electron chi connectivity index (χ0n) is 12.2. The predicted octanol–water partition coefficient (Wildman–Crippen LogP) is 3.57. The molecule has 2 amide bonds. The molecule has 0 unspecified atom stereocenters. The number of hydrogen-bond donors (Lipinski definition) is 2. The summed E-state index contributed by atoms with van der Waals surface area (Å²) in [5.74, 6) is -4.05. The SMILES string of the molecule is O=C(NCCc1ccc(Cl)cc1Cl)C(=O)Nc1ccc(F)c(F)c1. The van der Waals surface area contributed by atoms with Crippen molar-refractivity contribution < 1.29 is 18.4 Å². The summed E-state index contributed by atoms with van der Waals surface area (Å²) < 4.78 is 25.8. The Balaban J connectivity index is 1.85. The van der Waals surface area contributed by atoms with Crippen molar-refractivity contribution in [2.75, 3.05) is 11.9 Å². The molecular weight excluding hydrogens is 361 g/mol. The number of carbonyl (C=O) groups is 2. The molecule has 2 N–H and O–H groups in total. The van der Waals surface area contributed by atoms with Crippen LogP contribution in [0, 0.1) is 11.6 Å². The molecule has 2 rings (SSSR count). The molecule has 0 heterocycles. The Labute approximate surface area is 146 Å². The Morgan fingerprint density at radius 3 is 2.38 bits per heavy atom. The number of halogens is 4. The highest BCUT2D eigenvalue weighted by Crippen LogP contribution is 2.21. The molecule has 2 aromatic carbocycles. The first kappa shape index (κ1) is 18.2. The highest BCUT2D eigenvalue weighted by Gasteiger charge is 2.14. The number of rotatable bonds is 4. The number of benzene rings is 2. The van der Waals surface area contributed by atoms with Crippen molar-refractivity contribution in [1.82, 2.24) is 5.32 Å². The third-order valence-corrected chi connectivity index (χ3v) is 3.67. The third kappa shape index (κ3) is 4.91. The summed E-state index contributed by atoms with van der Waals surface area (Å²) in [4.78, 5) is 23.4. The minimum atomic E-state index is -1.12. The summed E-state index contributed by atoms with van der Waals surface area (Å²) >= 11 is 11.8. The fourth-order valence-corrected chi connectivity index (χ4v) is 2.38. The van der Waals surface area contributed by atoms with E-state index in [2.05, 4.69) is 10.6 Å². The van der Waals surface area contributed by atoms with E-state index < -0.39 is 23.4 Å². The van der Waals surface area contributed by atoms with E-state index in [1.165, 1.54) is 0 Å². The van der Waals surface area contributed by atoms with Crippen LogP contribution >= 0.6 is 23.2 Å². The fraction of sp³-hybridized carbons (Fsp3) is 0.125. The third-order valence-electron chi connectivity index (χ3n) is 3.08. The van der Waals surface area contributed by atoms with Crippen LogP contribution in [0.2, 0.25) is 10.0 Å². The highest BCUT2D eigenvalue weighted by molar-refractivity contribution is 6.39. The van der Waals surface area contributed by atoms with Gasteiger partial charge in [-0.2, -0.15) is 0 Å². The zero-order chi connectivity index (χ0) is 17.7. The summed E-state index contributed by atoms with van der Waals surface area (Å²) in [6, 6.07) is 7.76. The minimum Gasteiger partial charge on any atom is -0.347 e. The van der Waals surface area contributed by atoms with Crippen LogP contribution < -0.4 is 10.6 Å². The maximum absolute atomic E-state index is 13.0. The van der Waals surface area contributed by atoms with Crippen molar-refractivity contribution in [2.24, 2.45) is 0 Å². The van der Waals surface area contributed by atoms with E-state index in [0.29, 0.717) is 16.5 Å². The van der Waals surface area contributed by atoms with Gasteiger partial charge in [0.1, 0.15) is 0 Å². The summed E-state index contributed by atoms with van der Waals surface area (Å²) in [6.07, 6.45) is 0.403. The molecule has 4 nitrogen and oxygen atoms in total. The average molecular weight is 373 g/mol. The molecule has 0 aliphatic heterocycles. The van der Waals surface area contributed by atoms with Gasteiger partial charge >= 0.3 is 11.8 Å². The molecule has 0 aliphatic rings. The predicted molar refractivity (Wildman–Crippen MR) is 88.2 cm³/mol. The molecule has 0 saturated heterocycles. The van der Waals surface area contributed by atoms with Crippen molar-refractivity contribution in [3.63, 3.8) is 0 Å². The minimum absolute atomic E-state index is 0.0187. The van der Waals surface area contributed by atoms with Crippen molar-refractivity contribution in [3.05, 3.63) is 63.6 Å². The maximum atomic E-state index is 13.0. The molecule has 2 aromatic rings. The number of nitrogens with one attached hydrogen (secondary N) is 2. The van der Waals surface area contributed by atoms with E-state index >= 15 is 0 Å². The molecule has 0 bridgehead atoms. The van der Waals surface area contributed by atoms with Gasteiger partial charge in [-0.3, -0.25) is 9.59 Å². The van der Waals surface area contributed by atoms with Gasteiger partial charge in [-0.25, -0.2) is 8.78 Å². The average Bonchev–Trinajstić information content (AvgIpc) is 2.53. The maximum Gasteiger partial charge on any atom is 0.313 e. The van der Waals surface area contributed by atoms with Gasteiger partial charge < -0.3 is 10.6 Å². The first-order valence-electron chi connectivity index (χ1n) is 6.85. The monoisotopic (exact) mass is 372 g/mol. The molecule has 0 atom stereocenters. The molecule has 0 saturated carbocycles. The van der Waals surface area contributed by atoms with E-state index in [0.717, 1.165) is 23.8 Å². The molecule has 0 aliphatic carbocycles. The van der Waals surface area contributed by atoms with Gasteiger partial charge in [0.15, 0.2) is 11.6 Å². The Bertz CT molecular complexity index is 785. The summed E-state index contributed by atoms with van der Waals surface area (Å²) in [5, 5.41) is 5.54. The molecule has 24 heavy (non-hydrogen) atoms. The lowest BCUT2D eigenvalue weighted by Gasteiger charge is -2.08. The molecule has 0 aromatic heterocycles. The van der Waals surface area contributed by atoms with E-state index in [-0.39, 0.29) is 12.2 Å². The van der Waals surface area contributed by atoms with Crippen LogP contribution in [-0.4, -0.2) is 18.4 Å². The first-order chi connectivity index (χ1) is 11.4. The smallest absolute Gasteiger partial charge is 0.313 e. The normalized spacial score (nSPS) is 10.3. The van der Waals surface area contributed by atoms with Gasteiger partial charge in [0.2, 0.25) is 0 Å². The summed E-state index contributed by atoms with van der Waals surface area (Å²) in [5.41, 5.74) is 0.747. The van der Waals surface area contributed by atoms with E-state index in [1.54, 1.807) is 18.2 Å². The van der Waals surface area contributed by atoms with E-state index in [4.69, 9.17) is 23.2 Å². The largest absolute Gasteiger partial charge is 0.347 e. The summed E-state index contributed by atoms with van der Waals surface area (Å²) in [7, 11) is 0. The molecule has 0 spiro atoms. The zero-order valence-corrected chi connectivity index (χ0v) is 13.7. The molecule has 0 radical (unpaired) electrons. The lowest BCUT2D eigenvalue weighted by molar-refractivity contribution is -0.136. The van der Waals surface area contributed by atoms with Crippen LogP contribution in [0.5, 0.6) is 0 Å². The van der Waals surface area contributed by atoms with Gasteiger partial charge in [0, 0.05) is 28.3 Å². The van der Waals surface area contributed by atoms with Crippen LogP contribution in [0.4, 0.5) is 14.5 Å². The Morgan fingerprint density at radius 2 is 1.71 bits per heavy atom. The van der Waals surface area contributed by atoms with Gasteiger partial charge in [0.05, 0.1) is 0 Å². The molecule has 0 fully saturated rings. The fourth-order valence-electron chi connectivity index (χ4n) is 1.88. The second-order valence-electron chi connectivity index (χ2n) is 4.82. The topological polar surface area (TPSA) is 58.2 Å². The Morgan fingerprint density at radius 1 is 0.958 bits per heavy atom. The van der Waals surface area contributed by atoms with Gasteiger partial charge in [0.25, 0.3) is 0 Å². The van der Waals surface area contributed by atoms with E-state index in [1.807, 2.05) is 0 Å². The van der Waals surface area contributed by atoms with Crippen molar-refractivity contribution in [1.29, 1.82) is 0 Å². The molecule has 126 valence electrons. The second kappa shape index (κ2) is 8.08. The van der Waals surface area contributed by atoms with Gasteiger partial charge in [-0.15, -0.1) is 0 Å². The quantitative estimate of drug-likeness (QED) is 0.806. The van der Waals surface area contributed by atoms with Crippen LogP contribution in [0.3, 0.4) is 0 Å². The Kier molecular flexibility index (Phi) is 6.11. The van der Waals surface area contributed by atoms with Crippen molar-refractivity contribution >= 4 is 40.7 Å². The number of anilines is 1. The molecule has 8 heteroatoms. The number of amides is 2. The standard InChI is InChI=1S/C16H12Cl2F2N2O2/c17-10-2-1-9(12(18)7-10)5-6-21-15(23)16(24)22-11-3-4-13(19)14(20)8-11/h1-4,7-8H,5-6H2,(H,21,23)(H,22,24). The van der Waals surface area contributed by atoms with Crippen LogP contribution in [-0.2, 0) is 16.0 Å². The second-order valence-corrected chi connectivity index (χ2v) is 5.67. The van der Waals surface area contributed by atoms with Crippen LogP contribution in [0.15, 0.2) is 36.4 Å². The van der Waals surface area contributed by atoms with Crippen LogP contribution in [0.1, 0.15) is 5.56 Å². The molecular formula is C16H12Cl2F2N2O2. The first-order valence-corrected chi connectivity index (χ1v) is 7.60. The van der Waals surface area contributed by atoms with Crippen molar-refractivity contribution in [3.8, 4) is 0 Å². The van der Waals surface area contributed by atoms with Gasteiger partial charge in [-0.05, 0) is 36.2 Å². The lowest BCUT2D eigenvalue weighted by Crippen LogP contribution is -2.36. The van der Waals surface area contributed by atoms with Gasteiger partial charge in [-0.1, -0.05) is 29.3 Å². The van der Waals surface area contributed by atoms with Crippen LogP contribution in [0.25, 0.3) is 0 Å². The summed E-state index contributed by atoms with van der Waals surface area (Å²) in [6.45, 7) is 0.172. The Hall–Kier alpha value is -2.18. The highest BCUT2D eigenvalue weighted by atomic mass is 35.5. The van der Waals surface area contributed by atoms with Crippen molar-refractivity contribution in [2.45, 2.75) is 6.42 Å².